The first kappa shape index (κ1) is 18.4. The Bertz CT molecular complexity index is 767. The summed E-state index contributed by atoms with van der Waals surface area (Å²) >= 11 is 1.25. The topological polar surface area (TPSA) is 58.6 Å². The summed E-state index contributed by atoms with van der Waals surface area (Å²) in [5.74, 6) is 0.936. The average molecular weight is 381 g/mol. The van der Waals surface area contributed by atoms with Gasteiger partial charge in [-0.25, -0.2) is 13.1 Å². The minimum atomic E-state index is -3.38. The Labute approximate surface area is 153 Å². The molecule has 25 heavy (non-hydrogen) atoms. The van der Waals surface area contributed by atoms with Crippen molar-refractivity contribution >= 4 is 21.4 Å². The fourth-order valence-corrected chi connectivity index (χ4v) is 5.39. The van der Waals surface area contributed by atoms with Crippen molar-refractivity contribution in [1.29, 1.82) is 0 Å². The number of hydrogen-bond acceptors (Lipinski definition) is 5. The van der Waals surface area contributed by atoms with Crippen molar-refractivity contribution in [3.05, 3.63) is 47.3 Å². The number of ether oxygens (including phenoxy) is 1. The molecule has 0 atom stereocenters. The number of thiophene rings is 1. The van der Waals surface area contributed by atoms with Gasteiger partial charge in [-0.15, -0.1) is 11.3 Å². The Kier molecular flexibility index (Phi) is 6.11. The molecule has 1 saturated heterocycles. The molecule has 0 radical (unpaired) electrons. The second-order valence-electron chi connectivity index (χ2n) is 6.14. The van der Waals surface area contributed by atoms with Gasteiger partial charge in [-0.05, 0) is 37.3 Å². The summed E-state index contributed by atoms with van der Waals surface area (Å²) in [6.07, 6.45) is 1.64. The van der Waals surface area contributed by atoms with Gasteiger partial charge in [-0.2, -0.15) is 0 Å². The first-order valence-corrected chi connectivity index (χ1v) is 10.9. The molecule has 3 rings (SSSR count). The van der Waals surface area contributed by atoms with E-state index in [0.717, 1.165) is 38.2 Å². The molecule has 7 heteroatoms. The number of piperidine rings is 1. The summed E-state index contributed by atoms with van der Waals surface area (Å²) in [5, 5.41) is 1.78. The van der Waals surface area contributed by atoms with Gasteiger partial charge in [0.25, 0.3) is 0 Å². The number of para-hydroxylation sites is 1. The lowest BCUT2D eigenvalue weighted by atomic mass is 10.1. The van der Waals surface area contributed by atoms with E-state index in [1.165, 1.54) is 16.9 Å². The third-order valence-corrected chi connectivity index (χ3v) is 7.25. The highest BCUT2D eigenvalue weighted by Gasteiger charge is 2.25. The van der Waals surface area contributed by atoms with Crippen molar-refractivity contribution in [3.63, 3.8) is 0 Å². The third kappa shape index (κ3) is 4.82. The van der Waals surface area contributed by atoms with Crippen LogP contribution in [-0.4, -0.2) is 39.1 Å². The molecule has 136 valence electrons. The van der Waals surface area contributed by atoms with Gasteiger partial charge in [0.05, 0.1) is 6.61 Å². The summed E-state index contributed by atoms with van der Waals surface area (Å²) in [4.78, 5) is 2.35. The zero-order chi connectivity index (χ0) is 17.7. The van der Waals surface area contributed by atoms with E-state index in [4.69, 9.17) is 4.74 Å². The second kappa shape index (κ2) is 8.31. The van der Waals surface area contributed by atoms with Crippen LogP contribution in [0.1, 0.15) is 25.3 Å². The zero-order valence-electron chi connectivity index (χ0n) is 14.3. The molecule has 0 saturated carbocycles. The molecule has 1 aromatic carbocycles. The van der Waals surface area contributed by atoms with Crippen LogP contribution in [0.5, 0.6) is 5.75 Å². The Balaban J connectivity index is 1.54. The van der Waals surface area contributed by atoms with Crippen molar-refractivity contribution in [3.8, 4) is 5.75 Å². The lowest BCUT2D eigenvalue weighted by Gasteiger charge is -2.32. The maximum atomic E-state index is 12.3. The highest BCUT2D eigenvalue weighted by atomic mass is 32.2. The number of benzene rings is 1. The van der Waals surface area contributed by atoms with Gasteiger partial charge < -0.3 is 4.74 Å². The third-order valence-electron chi connectivity index (χ3n) is 4.34. The number of sulfonamides is 1. The van der Waals surface area contributed by atoms with Crippen molar-refractivity contribution in [2.75, 3.05) is 19.7 Å². The minimum Gasteiger partial charge on any atom is -0.494 e. The van der Waals surface area contributed by atoms with Crippen LogP contribution in [0.3, 0.4) is 0 Å². The van der Waals surface area contributed by atoms with Crippen molar-refractivity contribution in [2.24, 2.45) is 0 Å². The number of rotatable bonds is 7. The molecule has 0 aliphatic carbocycles. The quantitative estimate of drug-likeness (QED) is 0.802. The largest absolute Gasteiger partial charge is 0.494 e. The predicted molar refractivity (Wildman–Crippen MR) is 101 cm³/mol. The van der Waals surface area contributed by atoms with Crippen LogP contribution in [0.15, 0.2) is 46.0 Å². The maximum Gasteiger partial charge on any atom is 0.250 e. The van der Waals surface area contributed by atoms with Crippen LogP contribution in [-0.2, 0) is 16.6 Å². The van der Waals surface area contributed by atoms with E-state index in [-0.39, 0.29) is 6.04 Å². The molecule has 1 aromatic heterocycles. The second-order valence-corrected chi connectivity index (χ2v) is 9.03. The fraction of sp³-hybridized carbons (Fsp3) is 0.444. The molecule has 1 N–H and O–H groups in total. The van der Waals surface area contributed by atoms with Crippen LogP contribution in [0, 0.1) is 0 Å². The Morgan fingerprint density at radius 1 is 1.20 bits per heavy atom. The standard InChI is InChI=1S/C18H24N2O3S2/c1-2-23-17-7-4-3-6-15(17)14-20-11-9-16(10-12-20)19-25(21,22)18-8-5-13-24-18/h3-8,13,16,19H,2,9-12,14H2,1H3. The molecule has 2 aromatic rings. The molecule has 2 heterocycles. The summed E-state index contributed by atoms with van der Waals surface area (Å²) in [5.41, 5.74) is 1.18. The van der Waals surface area contributed by atoms with E-state index in [2.05, 4.69) is 15.7 Å². The van der Waals surface area contributed by atoms with Crippen molar-refractivity contribution < 1.29 is 13.2 Å². The van der Waals surface area contributed by atoms with Gasteiger partial charge in [0, 0.05) is 31.2 Å². The normalized spacial score (nSPS) is 16.8. The zero-order valence-corrected chi connectivity index (χ0v) is 16.0. The maximum absolute atomic E-state index is 12.3. The van der Waals surface area contributed by atoms with E-state index >= 15 is 0 Å². The smallest absolute Gasteiger partial charge is 0.250 e. The number of hydrogen-bond donors (Lipinski definition) is 1. The number of nitrogens with zero attached hydrogens (tertiary/aromatic N) is 1. The molecule has 0 unspecified atom stereocenters. The Morgan fingerprint density at radius 3 is 2.64 bits per heavy atom. The van der Waals surface area contributed by atoms with Crippen LogP contribution >= 0.6 is 11.3 Å². The van der Waals surface area contributed by atoms with Crippen molar-refractivity contribution in [2.45, 2.75) is 36.6 Å². The summed E-state index contributed by atoms with van der Waals surface area (Å²) in [7, 11) is -3.38. The molecule has 5 nitrogen and oxygen atoms in total. The summed E-state index contributed by atoms with van der Waals surface area (Å²) in [6.45, 7) is 5.22. The van der Waals surface area contributed by atoms with Crippen molar-refractivity contribution in [1.82, 2.24) is 9.62 Å². The van der Waals surface area contributed by atoms with Crippen LogP contribution in [0.25, 0.3) is 0 Å². The van der Waals surface area contributed by atoms with Gasteiger partial charge in [0.2, 0.25) is 10.0 Å². The molecule has 1 fully saturated rings. The number of likely N-dealkylation sites (tertiary alicyclic amines) is 1. The Hall–Kier alpha value is -1.41. The molecular formula is C18H24N2O3S2. The lowest BCUT2D eigenvalue weighted by Crippen LogP contribution is -2.44. The lowest BCUT2D eigenvalue weighted by molar-refractivity contribution is 0.197. The average Bonchev–Trinajstić information content (AvgIpc) is 3.14. The Morgan fingerprint density at radius 2 is 1.96 bits per heavy atom. The van der Waals surface area contributed by atoms with Gasteiger partial charge in [0.15, 0.2) is 0 Å². The van der Waals surface area contributed by atoms with Gasteiger partial charge in [0.1, 0.15) is 9.96 Å². The summed E-state index contributed by atoms with van der Waals surface area (Å²) < 4.78 is 33.6. The fourth-order valence-electron chi connectivity index (χ4n) is 3.07. The van der Waals surface area contributed by atoms with E-state index < -0.39 is 10.0 Å². The van der Waals surface area contributed by atoms with E-state index in [1.807, 2.05) is 25.1 Å². The molecular weight excluding hydrogens is 356 g/mol. The van der Waals surface area contributed by atoms with Crippen LogP contribution < -0.4 is 9.46 Å². The first-order valence-electron chi connectivity index (χ1n) is 8.57. The first-order chi connectivity index (χ1) is 12.1. The highest BCUT2D eigenvalue weighted by Crippen LogP contribution is 2.23. The van der Waals surface area contributed by atoms with E-state index in [1.54, 1.807) is 17.5 Å². The molecule has 0 spiro atoms. The van der Waals surface area contributed by atoms with Crippen LogP contribution in [0.2, 0.25) is 0 Å². The van der Waals surface area contributed by atoms with Gasteiger partial charge in [-0.3, -0.25) is 4.90 Å². The molecule has 1 aliphatic heterocycles. The molecule has 0 bridgehead atoms. The molecule has 0 amide bonds. The molecule has 1 aliphatic rings. The number of nitrogens with one attached hydrogen (secondary N) is 1. The highest BCUT2D eigenvalue weighted by molar-refractivity contribution is 7.91. The van der Waals surface area contributed by atoms with Crippen LogP contribution in [0.4, 0.5) is 0 Å². The minimum absolute atomic E-state index is 0.00508. The van der Waals surface area contributed by atoms with Gasteiger partial charge in [-0.1, -0.05) is 24.3 Å². The monoisotopic (exact) mass is 380 g/mol. The van der Waals surface area contributed by atoms with E-state index in [9.17, 15) is 8.42 Å². The SMILES string of the molecule is CCOc1ccccc1CN1CCC(NS(=O)(=O)c2cccs2)CC1. The van der Waals surface area contributed by atoms with Gasteiger partial charge >= 0.3 is 0 Å². The van der Waals surface area contributed by atoms with E-state index in [0.29, 0.717) is 10.8 Å². The summed E-state index contributed by atoms with van der Waals surface area (Å²) in [6, 6.07) is 11.5. The predicted octanol–water partition coefficient (Wildman–Crippen LogP) is 3.09.